The van der Waals surface area contributed by atoms with Crippen molar-refractivity contribution in [3.8, 4) is 22.3 Å². The maximum absolute atomic E-state index is 13.0. The van der Waals surface area contributed by atoms with Crippen molar-refractivity contribution in [3.63, 3.8) is 0 Å². The highest BCUT2D eigenvalue weighted by Crippen LogP contribution is 2.31. The standard InChI is InChI=1S/C27H26N4O3/c1-16-3-12-23(27(33)34)17(2)25(16)20-6-4-19(5-7-20)24(13-28)26(32)31-22-10-8-18(9-11-22)21-14-29-30-15-21/h3-12,14-15,24H,13,28H2,1-2H3,(H,29,30)(H,31,32)(H,33,34). The zero-order valence-electron chi connectivity index (χ0n) is 19.0. The number of hydrogen-bond acceptors (Lipinski definition) is 4. The molecule has 1 amide bonds. The number of H-pyrrole nitrogens is 1. The van der Waals surface area contributed by atoms with Crippen molar-refractivity contribution in [1.82, 2.24) is 10.2 Å². The first-order chi connectivity index (χ1) is 16.4. The number of aryl methyl sites for hydroxylation is 1. The summed E-state index contributed by atoms with van der Waals surface area (Å²) >= 11 is 0. The molecule has 1 unspecified atom stereocenters. The van der Waals surface area contributed by atoms with Gasteiger partial charge in [-0.2, -0.15) is 5.10 Å². The van der Waals surface area contributed by atoms with Gasteiger partial charge >= 0.3 is 5.97 Å². The summed E-state index contributed by atoms with van der Waals surface area (Å²) in [6.45, 7) is 3.92. The van der Waals surface area contributed by atoms with Gasteiger partial charge in [0.25, 0.3) is 0 Å². The minimum absolute atomic E-state index is 0.158. The van der Waals surface area contributed by atoms with Crippen LogP contribution in [0.1, 0.15) is 33.0 Å². The average Bonchev–Trinajstić information content (AvgIpc) is 3.36. The first kappa shape index (κ1) is 22.9. The first-order valence-corrected chi connectivity index (χ1v) is 10.9. The van der Waals surface area contributed by atoms with Gasteiger partial charge in [-0.05, 0) is 65.4 Å². The third-order valence-corrected chi connectivity index (χ3v) is 6.04. The number of carbonyl (C=O) groups excluding carboxylic acids is 1. The van der Waals surface area contributed by atoms with E-state index in [0.717, 1.165) is 33.4 Å². The Morgan fingerprint density at radius 1 is 0.971 bits per heavy atom. The fourth-order valence-electron chi connectivity index (χ4n) is 4.18. The Balaban J connectivity index is 1.53. The lowest BCUT2D eigenvalue weighted by Gasteiger charge is -2.17. The first-order valence-electron chi connectivity index (χ1n) is 10.9. The molecule has 0 spiro atoms. The number of rotatable bonds is 7. The van der Waals surface area contributed by atoms with Crippen LogP contribution in [-0.2, 0) is 4.79 Å². The van der Waals surface area contributed by atoms with Crippen LogP contribution < -0.4 is 11.1 Å². The molecular formula is C27H26N4O3. The summed E-state index contributed by atoms with van der Waals surface area (Å²) in [6, 6.07) is 18.5. The zero-order chi connectivity index (χ0) is 24.2. The molecule has 0 aliphatic carbocycles. The lowest BCUT2D eigenvalue weighted by molar-refractivity contribution is -0.117. The van der Waals surface area contributed by atoms with E-state index in [4.69, 9.17) is 5.73 Å². The quantitative estimate of drug-likeness (QED) is 0.321. The van der Waals surface area contributed by atoms with Crippen molar-refractivity contribution in [2.75, 3.05) is 11.9 Å². The van der Waals surface area contributed by atoms with E-state index in [1.807, 2.05) is 74.6 Å². The predicted octanol–water partition coefficient (Wildman–Crippen LogP) is 4.74. The highest BCUT2D eigenvalue weighted by molar-refractivity contribution is 5.96. The number of hydrogen-bond donors (Lipinski definition) is 4. The van der Waals surface area contributed by atoms with Gasteiger partial charge in [0, 0.05) is 24.0 Å². The minimum atomic E-state index is -0.951. The van der Waals surface area contributed by atoms with E-state index in [9.17, 15) is 14.7 Å². The summed E-state index contributed by atoms with van der Waals surface area (Å²) < 4.78 is 0. The Morgan fingerprint density at radius 2 is 1.65 bits per heavy atom. The topological polar surface area (TPSA) is 121 Å². The lowest BCUT2D eigenvalue weighted by atomic mass is 9.90. The van der Waals surface area contributed by atoms with Crippen molar-refractivity contribution in [2.45, 2.75) is 19.8 Å². The molecule has 4 rings (SSSR count). The van der Waals surface area contributed by atoms with Gasteiger partial charge in [0.05, 0.1) is 17.7 Å². The van der Waals surface area contributed by atoms with Crippen LogP contribution in [0.4, 0.5) is 5.69 Å². The van der Waals surface area contributed by atoms with Crippen LogP contribution in [0.2, 0.25) is 0 Å². The molecule has 4 aromatic rings. The van der Waals surface area contributed by atoms with E-state index in [1.165, 1.54) is 0 Å². The number of aromatic amines is 1. The van der Waals surface area contributed by atoms with E-state index in [0.29, 0.717) is 11.3 Å². The Kier molecular flexibility index (Phi) is 6.56. The van der Waals surface area contributed by atoms with Gasteiger partial charge in [0.1, 0.15) is 0 Å². The summed E-state index contributed by atoms with van der Waals surface area (Å²) in [4.78, 5) is 24.5. The molecular weight excluding hydrogens is 428 g/mol. The van der Waals surface area contributed by atoms with Crippen LogP contribution in [0.3, 0.4) is 0 Å². The monoisotopic (exact) mass is 454 g/mol. The molecule has 7 nitrogen and oxygen atoms in total. The summed E-state index contributed by atoms with van der Waals surface area (Å²) in [5.74, 6) is -1.66. The Morgan fingerprint density at radius 3 is 2.24 bits per heavy atom. The summed E-state index contributed by atoms with van der Waals surface area (Å²) in [6.07, 6.45) is 3.55. The van der Waals surface area contributed by atoms with Crippen molar-refractivity contribution in [2.24, 2.45) is 5.73 Å². The Hall–Kier alpha value is -4.23. The molecule has 34 heavy (non-hydrogen) atoms. The number of aromatic nitrogens is 2. The van der Waals surface area contributed by atoms with Crippen LogP contribution in [0.5, 0.6) is 0 Å². The van der Waals surface area contributed by atoms with Gasteiger partial charge in [-0.3, -0.25) is 9.89 Å². The maximum atomic E-state index is 13.0. The molecule has 5 N–H and O–H groups in total. The van der Waals surface area contributed by atoms with Gasteiger partial charge in [0.15, 0.2) is 0 Å². The van der Waals surface area contributed by atoms with Gasteiger partial charge in [-0.15, -0.1) is 0 Å². The van der Waals surface area contributed by atoms with E-state index in [-0.39, 0.29) is 18.0 Å². The number of nitrogens with two attached hydrogens (primary N) is 1. The molecule has 1 atom stereocenters. The zero-order valence-corrected chi connectivity index (χ0v) is 19.0. The number of aromatic carboxylic acids is 1. The smallest absolute Gasteiger partial charge is 0.335 e. The molecule has 7 heteroatoms. The van der Waals surface area contributed by atoms with Gasteiger partial charge in [0.2, 0.25) is 5.91 Å². The second kappa shape index (κ2) is 9.72. The highest BCUT2D eigenvalue weighted by Gasteiger charge is 2.20. The lowest BCUT2D eigenvalue weighted by Crippen LogP contribution is -2.27. The maximum Gasteiger partial charge on any atom is 0.335 e. The van der Waals surface area contributed by atoms with Gasteiger partial charge in [-0.1, -0.05) is 42.5 Å². The molecule has 1 aromatic heterocycles. The van der Waals surface area contributed by atoms with Crippen molar-refractivity contribution in [1.29, 1.82) is 0 Å². The molecule has 0 saturated carbocycles. The van der Waals surface area contributed by atoms with E-state index in [1.54, 1.807) is 12.3 Å². The number of anilines is 1. The molecule has 0 aliphatic rings. The van der Waals surface area contributed by atoms with Crippen LogP contribution in [0.25, 0.3) is 22.3 Å². The van der Waals surface area contributed by atoms with Crippen molar-refractivity contribution >= 4 is 17.6 Å². The third-order valence-electron chi connectivity index (χ3n) is 6.04. The number of nitrogens with one attached hydrogen (secondary N) is 2. The number of nitrogens with zero attached hydrogens (tertiary/aromatic N) is 1. The molecule has 0 fully saturated rings. The number of benzene rings is 3. The number of amides is 1. The number of carboxylic acid groups (broad SMARTS) is 1. The van der Waals surface area contributed by atoms with Gasteiger partial charge in [-0.25, -0.2) is 4.79 Å². The highest BCUT2D eigenvalue weighted by atomic mass is 16.4. The Labute approximate surface area is 197 Å². The molecule has 0 bridgehead atoms. The van der Waals surface area contributed by atoms with Crippen molar-refractivity contribution < 1.29 is 14.7 Å². The summed E-state index contributed by atoms with van der Waals surface area (Å²) in [5, 5.41) is 19.1. The summed E-state index contributed by atoms with van der Waals surface area (Å²) in [7, 11) is 0. The van der Waals surface area contributed by atoms with E-state index in [2.05, 4.69) is 15.5 Å². The van der Waals surface area contributed by atoms with Gasteiger partial charge < -0.3 is 16.2 Å². The van der Waals surface area contributed by atoms with E-state index < -0.39 is 11.9 Å². The van der Waals surface area contributed by atoms with Crippen LogP contribution in [-0.4, -0.2) is 33.7 Å². The van der Waals surface area contributed by atoms with E-state index >= 15 is 0 Å². The molecule has 3 aromatic carbocycles. The van der Waals surface area contributed by atoms with Crippen LogP contribution >= 0.6 is 0 Å². The average molecular weight is 455 g/mol. The SMILES string of the molecule is Cc1ccc(C(=O)O)c(C)c1-c1ccc(C(CN)C(=O)Nc2ccc(-c3cn[nH]c3)cc2)cc1. The fourth-order valence-corrected chi connectivity index (χ4v) is 4.18. The summed E-state index contributed by atoms with van der Waals surface area (Å²) in [5.41, 5.74) is 13.2. The molecule has 0 saturated heterocycles. The fraction of sp³-hybridized carbons (Fsp3) is 0.148. The Bertz CT molecular complexity index is 1310. The van der Waals surface area contributed by atoms with Crippen LogP contribution in [0.15, 0.2) is 73.1 Å². The normalized spacial score (nSPS) is 11.7. The van der Waals surface area contributed by atoms with Crippen molar-refractivity contribution in [3.05, 3.63) is 95.3 Å². The van der Waals surface area contributed by atoms with Crippen LogP contribution in [0, 0.1) is 13.8 Å². The number of carbonyl (C=O) groups is 2. The predicted molar refractivity (Wildman–Crippen MR) is 133 cm³/mol. The number of carboxylic acids is 1. The second-order valence-electron chi connectivity index (χ2n) is 8.20. The molecule has 0 radical (unpaired) electrons. The molecule has 172 valence electrons. The third kappa shape index (κ3) is 4.60. The minimum Gasteiger partial charge on any atom is -0.478 e. The second-order valence-corrected chi connectivity index (χ2v) is 8.20. The largest absolute Gasteiger partial charge is 0.478 e. The molecule has 0 aliphatic heterocycles. The molecule has 1 heterocycles.